The Morgan fingerprint density at radius 1 is 0.264 bits per heavy atom. The molecule has 370 valence electrons. The van der Waals surface area contributed by atoms with E-state index in [1.165, 1.54) is 0 Å². The van der Waals surface area contributed by atoms with Crippen LogP contribution >= 0.6 is 159 Å². The maximum absolute atomic E-state index is 9.65. The molecule has 10 aromatic rings. The van der Waals surface area contributed by atoms with Gasteiger partial charge in [-0.3, -0.25) is 24.9 Å². The van der Waals surface area contributed by atoms with Crippen molar-refractivity contribution < 1.29 is 150 Å². The maximum Gasteiger partial charge on any atom is 4.00 e. The Kier molecular flexibility index (Phi) is 36.0. The molecule has 72 heavy (non-hydrogen) atoms. The zero-order chi connectivity index (χ0) is 47.1. The van der Waals surface area contributed by atoms with Crippen LogP contribution in [0.25, 0.3) is 54.5 Å². The molecule has 0 radical (unpaired) electrons. The molecule has 0 atom stereocenters. The molecule has 0 aliphatic heterocycles. The van der Waals surface area contributed by atoms with Gasteiger partial charge in [-0.05, 0) is 140 Å². The average molecular weight is 1920 g/mol. The molecule has 0 unspecified atom stereocenters. The Hall–Kier alpha value is 0.163. The quantitative estimate of drug-likeness (QED) is 0.0963. The number of hydrogen-bond donors (Lipinski definition) is 5. The van der Waals surface area contributed by atoms with Crippen LogP contribution in [0.3, 0.4) is 0 Å². The minimum Gasteiger partial charge on any atom is -1.00 e. The summed E-state index contributed by atoms with van der Waals surface area (Å²) in [5.41, 5.74) is 3.00. The summed E-state index contributed by atoms with van der Waals surface area (Å²) in [7, 11) is 0. The number of halogens is 12. The van der Waals surface area contributed by atoms with Crippen LogP contribution in [-0.2, 0) is 0 Å². The van der Waals surface area contributed by atoms with Gasteiger partial charge in [0.2, 0.25) is 0 Å². The van der Waals surface area contributed by atoms with E-state index in [4.69, 9.17) is 0 Å². The summed E-state index contributed by atoms with van der Waals surface area (Å²) in [6.45, 7) is 0. The van der Waals surface area contributed by atoms with E-state index in [0.717, 1.165) is 49.3 Å². The molecule has 0 bridgehead atoms. The average Bonchev–Trinajstić information content (AvgIpc) is 3.31. The number of fused-ring (bicyclic) bond motifs is 5. The molecule has 0 saturated carbocycles. The minimum absolute atomic E-state index is 0. The van der Waals surface area contributed by atoms with Gasteiger partial charge in [0, 0.05) is 80.3 Å². The van der Waals surface area contributed by atoms with E-state index in [1.54, 1.807) is 61.3 Å². The number of benzene rings is 5. The van der Waals surface area contributed by atoms with Gasteiger partial charge >= 0.3 is 83.5 Å². The van der Waals surface area contributed by atoms with Crippen LogP contribution in [0.15, 0.2) is 167 Å². The van der Waals surface area contributed by atoms with Gasteiger partial charge in [-0.25, -0.2) is 0 Å². The predicted molar refractivity (Wildman–Crippen MR) is 305 cm³/mol. The molecular weight excluding hydrogens is 1890 g/mol. The molecule has 0 aliphatic carbocycles. The fourth-order valence-corrected chi connectivity index (χ4v) is 12.1. The molecule has 0 aliphatic rings. The van der Waals surface area contributed by atoms with Crippen LogP contribution in [0.1, 0.15) is 0 Å². The van der Waals surface area contributed by atoms with Crippen molar-refractivity contribution in [1.82, 2.24) is 24.9 Å². The molecule has 27 heteroatoms. The number of hydrogen-bond acceptors (Lipinski definition) is 10. The number of nitrogens with zero attached hydrogens (tertiary/aromatic N) is 5. The Bertz CT molecular complexity index is 2910. The first-order chi connectivity index (χ1) is 31.0. The monoisotopic (exact) mass is 1910 g/mol. The standard InChI is InChI=1S/5C9H5Br2NO.2Ce.2ClH.3H2O/c5*10-6-4-7(11)9(13)8-5(6)2-1-3-12-8;;;;;;;/h5*1-4,13H;;;2*1H;3*1H2/q;;;;;2*+4;;;;;/p-2. The fourth-order valence-electron chi connectivity index (χ4n) is 5.79. The third-order valence-electron chi connectivity index (χ3n) is 8.84. The van der Waals surface area contributed by atoms with Crippen molar-refractivity contribution in [2.24, 2.45) is 0 Å². The van der Waals surface area contributed by atoms with Gasteiger partial charge in [0.15, 0.2) is 28.7 Å². The Labute approximate surface area is 574 Å². The first kappa shape index (κ1) is 74.2. The maximum atomic E-state index is 9.65. The summed E-state index contributed by atoms with van der Waals surface area (Å²) in [5.74, 6) is 0.897. The molecular formula is C45H31Br10Ce2Cl2N5O8+6. The SMILES string of the molecule is O.O.O.Oc1c(Br)cc(Br)c2cccnc12.Oc1c(Br)cc(Br)c2cccnc12.Oc1c(Br)cc(Br)c2cccnc12.Oc1c(Br)cc(Br)c2cccnc12.Oc1c(Br)cc(Br)c2cccnc12.[Ce+4].[Ce+4].[Cl-].[Cl-]. The summed E-state index contributed by atoms with van der Waals surface area (Å²) >= 11 is 33.2. The number of aromatic hydroxyl groups is 5. The van der Waals surface area contributed by atoms with Crippen LogP contribution in [-0.4, -0.2) is 66.9 Å². The second kappa shape index (κ2) is 34.9. The van der Waals surface area contributed by atoms with Crippen LogP contribution < -0.4 is 24.8 Å². The van der Waals surface area contributed by atoms with E-state index in [9.17, 15) is 25.5 Å². The van der Waals surface area contributed by atoms with E-state index in [2.05, 4.69) is 184 Å². The molecule has 5 aromatic carbocycles. The van der Waals surface area contributed by atoms with E-state index < -0.39 is 0 Å². The van der Waals surface area contributed by atoms with Crippen molar-refractivity contribution in [3.05, 3.63) is 167 Å². The Morgan fingerprint density at radius 2 is 0.403 bits per heavy atom. The van der Waals surface area contributed by atoms with E-state index >= 15 is 0 Å². The first-order valence-electron chi connectivity index (χ1n) is 18.1. The molecule has 0 spiro atoms. The molecule has 5 heterocycles. The molecule has 13 nitrogen and oxygen atoms in total. The summed E-state index contributed by atoms with van der Waals surface area (Å²) in [5, 5.41) is 52.8. The van der Waals surface area contributed by atoms with Gasteiger partial charge in [0.25, 0.3) is 0 Å². The van der Waals surface area contributed by atoms with Gasteiger partial charge in [0.05, 0.1) is 22.4 Å². The van der Waals surface area contributed by atoms with Gasteiger partial charge in [-0.15, -0.1) is 0 Å². The summed E-state index contributed by atoms with van der Waals surface area (Å²) in [6.07, 6.45) is 8.27. The van der Waals surface area contributed by atoms with Gasteiger partial charge in [-0.1, -0.05) is 110 Å². The van der Waals surface area contributed by atoms with Gasteiger partial charge in [0.1, 0.15) is 27.6 Å². The second-order valence-corrected chi connectivity index (χ2v) is 21.5. The number of phenols is 5. The van der Waals surface area contributed by atoms with Crippen molar-refractivity contribution in [2.45, 2.75) is 0 Å². The zero-order valence-corrected chi connectivity index (χ0v) is 59.2. The number of phenolic OH excluding ortho intramolecular Hbond substituents is 5. The normalized spacial score (nSPS) is 9.58. The molecule has 10 rings (SSSR count). The third kappa shape index (κ3) is 18.4. The number of rotatable bonds is 0. The minimum atomic E-state index is 0. The zero-order valence-electron chi connectivity index (χ0n) is 35.6. The Morgan fingerprint density at radius 3 is 0.542 bits per heavy atom. The third-order valence-corrected chi connectivity index (χ3v) is 15.1. The molecule has 5 aromatic heterocycles. The number of aromatic nitrogens is 5. The summed E-state index contributed by atoms with van der Waals surface area (Å²) in [6, 6.07) is 27.7. The van der Waals surface area contributed by atoms with Crippen molar-refractivity contribution in [2.75, 3.05) is 0 Å². The van der Waals surface area contributed by atoms with Gasteiger partial charge < -0.3 is 66.8 Å². The van der Waals surface area contributed by atoms with E-state index in [0.29, 0.717) is 49.9 Å². The summed E-state index contributed by atoms with van der Waals surface area (Å²) in [4.78, 5) is 20.5. The van der Waals surface area contributed by atoms with E-state index in [1.807, 2.05) is 60.7 Å². The van der Waals surface area contributed by atoms with Crippen molar-refractivity contribution >= 4 is 214 Å². The predicted octanol–water partition coefficient (Wildman–Crippen LogP) is 8.86. The van der Waals surface area contributed by atoms with Gasteiger partial charge in [-0.2, -0.15) is 0 Å². The molecule has 0 amide bonds. The smallest absolute Gasteiger partial charge is 1.00 e. The molecule has 11 N–H and O–H groups in total. The topological polar surface area (TPSA) is 260 Å². The first-order valence-corrected chi connectivity index (χ1v) is 26.0. The summed E-state index contributed by atoms with van der Waals surface area (Å²) < 4.78 is 7.80. The van der Waals surface area contributed by atoms with E-state index in [-0.39, 0.29) is 153 Å². The second-order valence-electron chi connectivity index (χ2n) is 12.9. The van der Waals surface area contributed by atoms with Crippen LogP contribution in [0.2, 0.25) is 0 Å². The van der Waals surface area contributed by atoms with Crippen molar-refractivity contribution in [1.29, 1.82) is 0 Å². The van der Waals surface area contributed by atoms with Crippen LogP contribution in [0, 0.1) is 83.5 Å². The van der Waals surface area contributed by atoms with Crippen LogP contribution in [0.4, 0.5) is 0 Å². The van der Waals surface area contributed by atoms with Crippen LogP contribution in [0.5, 0.6) is 28.7 Å². The van der Waals surface area contributed by atoms with Crippen molar-refractivity contribution in [3.8, 4) is 28.7 Å². The molecule has 0 fully saturated rings. The largest absolute Gasteiger partial charge is 4.00 e. The fraction of sp³-hybridized carbons (Fsp3) is 0. The molecule has 0 saturated heterocycles. The number of pyridine rings is 5. The van der Waals surface area contributed by atoms with Crippen molar-refractivity contribution in [3.63, 3.8) is 0 Å². The Balaban J connectivity index is 0.